The van der Waals surface area contributed by atoms with Crippen LogP contribution in [0, 0.1) is 0 Å². The summed E-state index contributed by atoms with van der Waals surface area (Å²) in [5.74, 6) is -2.45. The number of hydroxylamine groups is 2. The van der Waals surface area contributed by atoms with Crippen molar-refractivity contribution in [3.8, 4) is 0 Å². The molecule has 184 valence electrons. The summed E-state index contributed by atoms with van der Waals surface area (Å²) < 4.78 is 45.1. The van der Waals surface area contributed by atoms with Crippen LogP contribution in [0.1, 0.15) is 23.6 Å². The van der Waals surface area contributed by atoms with Crippen molar-refractivity contribution in [1.29, 1.82) is 0 Å². The van der Waals surface area contributed by atoms with Gasteiger partial charge in [-0.1, -0.05) is 30.3 Å². The van der Waals surface area contributed by atoms with Crippen molar-refractivity contribution < 1.29 is 37.1 Å². The van der Waals surface area contributed by atoms with Gasteiger partial charge in [-0.25, -0.2) is 9.86 Å². The lowest BCUT2D eigenvalue weighted by atomic mass is 10.1. The molecule has 1 aromatic carbocycles. The minimum absolute atomic E-state index is 0.0287. The molecule has 0 bridgehead atoms. The van der Waals surface area contributed by atoms with Crippen molar-refractivity contribution in [1.82, 2.24) is 30.0 Å². The second-order valence-corrected chi connectivity index (χ2v) is 7.39. The number of nitrogens with zero attached hydrogens (tertiary/aromatic N) is 5. The molecule has 14 heteroatoms. The van der Waals surface area contributed by atoms with Crippen LogP contribution >= 0.6 is 0 Å². The molecule has 0 radical (unpaired) electrons. The predicted molar refractivity (Wildman–Crippen MR) is 108 cm³/mol. The molecule has 1 N–H and O–H groups in total. The van der Waals surface area contributed by atoms with Gasteiger partial charge in [-0.05, 0) is 5.56 Å². The van der Waals surface area contributed by atoms with Gasteiger partial charge in [0.2, 0.25) is 11.7 Å². The fraction of sp³-hybridized carbons (Fsp3) is 0.450. The van der Waals surface area contributed by atoms with Crippen molar-refractivity contribution in [3.05, 3.63) is 47.5 Å². The van der Waals surface area contributed by atoms with Gasteiger partial charge in [0, 0.05) is 20.1 Å². The zero-order valence-corrected chi connectivity index (χ0v) is 18.4. The van der Waals surface area contributed by atoms with Gasteiger partial charge in [-0.15, -0.1) is 10.2 Å². The van der Waals surface area contributed by atoms with E-state index in [0.29, 0.717) is 0 Å². The van der Waals surface area contributed by atoms with Crippen LogP contribution in [-0.4, -0.2) is 69.4 Å². The molecule has 2 aromatic rings. The van der Waals surface area contributed by atoms with E-state index in [4.69, 9.17) is 9.57 Å². The third-order valence-electron chi connectivity index (χ3n) is 5.13. The fourth-order valence-electron chi connectivity index (χ4n) is 3.30. The minimum atomic E-state index is -4.66. The van der Waals surface area contributed by atoms with Gasteiger partial charge in [0.05, 0.1) is 20.1 Å². The molecular weight excluding hydrogens is 461 g/mol. The highest BCUT2D eigenvalue weighted by Gasteiger charge is 2.40. The lowest BCUT2D eigenvalue weighted by Crippen LogP contribution is -2.50. The first-order valence-corrected chi connectivity index (χ1v) is 10.2. The number of hydrogen-bond donors (Lipinski definition) is 1. The van der Waals surface area contributed by atoms with Crippen molar-refractivity contribution in [3.63, 3.8) is 0 Å². The van der Waals surface area contributed by atoms with E-state index in [1.165, 1.54) is 19.1 Å². The van der Waals surface area contributed by atoms with Crippen LogP contribution in [0.5, 0.6) is 0 Å². The Balaban J connectivity index is 1.65. The van der Waals surface area contributed by atoms with E-state index in [1.54, 1.807) is 30.3 Å². The van der Waals surface area contributed by atoms with Crippen molar-refractivity contribution in [2.75, 3.05) is 20.7 Å². The Morgan fingerprint density at radius 1 is 1.18 bits per heavy atom. The van der Waals surface area contributed by atoms with Crippen LogP contribution in [0.3, 0.4) is 0 Å². The van der Waals surface area contributed by atoms with Gasteiger partial charge in [0.15, 0.2) is 5.82 Å². The lowest BCUT2D eigenvalue weighted by molar-refractivity contribution is -0.172. The minimum Gasteiger partial charge on any atom is -0.445 e. The number of benzene rings is 1. The maximum absolute atomic E-state index is 13.0. The van der Waals surface area contributed by atoms with E-state index in [1.807, 2.05) is 0 Å². The molecule has 3 amide bonds. The molecule has 1 unspecified atom stereocenters. The van der Waals surface area contributed by atoms with E-state index in [-0.39, 0.29) is 32.1 Å². The summed E-state index contributed by atoms with van der Waals surface area (Å²) in [6, 6.07) is 7.51. The quantitative estimate of drug-likeness (QED) is 0.589. The Morgan fingerprint density at radius 3 is 2.53 bits per heavy atom. The van der Waals surface area contributed by atoms with E-state index in [2.05, 4.69) is 15.5 Å². The van der Waals surface area contributed by atoms with E-state index < -0.39 is 42.4 Å². The maximum Gasteiger partial charge on any atom is 0.451 e. The van der Waals surface area contributed by atoms with Crippen LogP contribution in [0.2, 0.25) is 0 Å². The third-order valence-corrected chi connectivity index (χ3v) is 5.13. The Labute approximate surface area is 192 Å². The van der Waals surface area contributed by atoms with Crippen LogP contribution in [0.15, 0.2) is 30.3 Å². The molecule has 34 heavy (non-hydrogen) atoms. The van der Waals surface area contributed by atoms with E-state index >= 15 is 0 Å². The summed E-state index contributed by atoms with van der Waals surface area (Å²) in [5, 5.41) is 9.90. The zero-order valence-electron chi connectivity index (χ0n) is 18.4. The number of nitrogens with one attached hydrogen (secondary N) is 1. The maximum atomic E-state index is 13.0. The molecule has 1 aliphatic heterocycles. The highest BCUT2D eigenvalue weighted by atomic mass is 19.4. The van der Waals surface area contributed by atoms with Crippen molar-refractivity contribution >= 4 is 17.9 Å². The first-order chi connectivity index (χ1) is 16.1. The SMILES string of the molecule is CON(C)C(=O)C(CC(=O)N1CCn2c(nnc2C(F)(F)F)C1)NC(=O)OCc1ccccc1. The smallest absolute Gasteiger partial charge is 0.445 e. The zero-order chi connectivity index (χ0) is 24.9. The largest absolute Gasteiger partial charge is 0.451 e. The van der Waals surface area contributed by atoms with Gasteiger partial charge >= 0.3 is 12.3 Å². The Morgan fingerprint density at radius 2 is 1.88 bits per heavy atom. The summed E-state index contributed by atoms with van der Waals surface area (Å²) in [6.07, 6.45) is -6.05. The molecule has 0 fully saturated rings. The number of carbonyl (C=O) groups excluding carboxylic acids is 3. The summed E-state index contributed by atoms with van der Waals surface area (Å²) in [6.45, 7) is -0.481. The van der Waals surface area contributed by atoms with Crippen LogP contribution in [0.4, 0.5) is 18.0 Å². The normalized spacial score (nSPS) is 14.2. The fourth-order valence-corrected chi connectivity index (χ4v) is 3.30. The van der Waals surface area contributed by atoms with Crippen molar-refractivity contribution in [2.45, 2.75) is 38.3 Å². The topological polar surface area (TPSA) is 119 Å². The predicted octanol–water partition coefficient (Wildman–Crippen LogP) is 1.34. The van der Waals surface area contributed by atoms with Crippen LogP contribution < -0.4 is 5.32 Å². The average molecular weight is 484 g/mol. The van der Waals surface area contributed by atoms with Gasteiger partial charge in [-0.3, -0.25) is 14.4 Å². The molecule has 0 aliphatic carbocycles. The molecule has 2 heterocycles. The number of amides is 3. The number of likely N-dealkylation sites (N-methyl/N-ethyl adjacent to an activating group) is 1. The third kappa shape index (κ3) is 6.01. The van der Waals surface area contributed by atoms with E-state index in [0.717, 1.165) is 15.2 Å². The van der Waals surface area contributed by atoms with Crippen LogP contribution in [0.25, 0.3) is 0 Å². The molecule has 0 spiro atoms. The summed E-state index contributed by atoms with van der Waals surface area (Å²) in [5.41, 5.74) is 0.723. The lowest BCUT2D eigenvalue weighted by Gasteiger charge is -2.30. The molecule has 1 atom stereocenters. The number of alkyl halides is 3. The summed E-state index contributed by atoms with van der Waals surface area (Å²) in [4.78, 5) is 43.8. The molecule has 1 aliphatic rings. The highest BCUT2D eigenvalue weighted by molar-refractivity contribution is 5.90. The first kappa shape index (κ1) is 25.0. The standard InChI is InChI=1S/C20H23F3N6O5/c1-27(33-2)17(31)14(24-19(32)34-12-13-6-4-3-5-7-13)10-16(30)28-8-9-29-15(11-28)25-26-18(29)20(21,22)23/h3-7,14H,8-12H2,1-2H3,(H,24,32). The molecule has 0 saturated carbocycles. The number of fused-ring (bicyclic) bond motifs is 1. The molecule has 11 nitrogen and oxygen atoms in total. The number of alkyl carbamates (subject to hydrolysis) is 1. The number of hydrogen-bond acceptors (Lipinski definition) is 7. The van der Waals surface area contributed by atoms with Gasteiger partial charge in [0.1, 0.15) is 12.6 Å². The Hall–Kier alpha value is -3.68. The second kappa shape index (κ2) is 10.5. The summed E-state index contributed by atoms with van der Waals surface area (Å²) in [7, 11) is 2.54. The van der Waals surface area contributed by atoms with Crippen LogP contribution in [-0.2, 0) is 45.0 Å². The first-order valence-electron chi connectivity index (χ1n) is 10.2. The monoisotopic (exact) mass is 484 g/mol. The van der Waals surface area contributed by atoms with Crippen molar-refractivity contribution in [2.24, 2.45) is 0 Å². The Bertz CT molecular complexity index is 1030. The molecule has 1 aromatic heterocycles. The highest BCUT2D eigenvalue weighted by Crippen LogP contribution is 2.29. The van der Waals surface area contributed by atoms with Gasteiger partial charge in [-0.2, -0.15) is 13.2 Å². The number of aromatic nitrogens is 3. The second-order valence-electron chi connectivity index (χ2n) is 7.39. The Kier molecular flexibility index (Phi) is 7.71. The number of rotatable bonds is 7. The number of ether oxygens (including phenoxy) is 1. The van der Waals surface area contributed by atoms with E-state index in [9.17, 15) is 27.6 Å². The summed E-state index contributed by atoms with van der Waals surface area (Å²) >= 11 is 0. The molecule has 0 saturated heterocycles. The number of carbonyl (C=O) groups is 3. The molecule has 3 rings (SSSR count). The van der Waals surface area contributed by atoms with Gasteiger partial charge in [0.25, 0.3) is 5.91 Å². The van der Waals surface area contributed by atoms with Gasteiger partial charge < -0.3 is 19.5 Å². The number of halogens is 3. The molecular formula is C20H23F3N6O5. The average Bonchev–Trinajstić information content (AvgIpc) is 3.26.